The van der Waals surface area contributed by atoms with E-state index in [4.69, 9.17) is 5.73 Å². The van der Waals surface area contributed by atoms with Crippen molar-refractivity contribution in [3.63, 3.8) is 0 Å². The van der Waals surface area contributed by atoms with E-state index in [1.165, 1.54) is 12.8 Å². The molecule has 0 unspecified atom stereocenters. The van der Waals surface area contributed by atoms with Gasteiger partial charge in [0.05, 0.1) is 6.54 Å². The van der Waals surface area contributed by atoms with E-state index in [1.807, 2.05) is 30.3 Å². The molecule has 1 aliphatic carbocycles. The van der Waals surface area contributed by atoms with Crippen LogP contribution >= 0.6 is 0 Å². The highest BCUT2D eigenvalue weighted by Crippen LogP contribution is 2.18. The van der Waals surface area contributed by atoms with Crippen molar-refractivity contribution in [3.05, 3.63) is 42.5 Å². The lowest BCUT2D eigenvalue weighted by atomic mass is 10.1. The minimum atomic E-state index is 0.527. The molecule has 0 bridgehead atoms. The minimum Gasteiger partial charge on any atom is -0.370 e. The van der Waals surface area contributed by atoms with Crippen LogP contribution in [0.3, 0.4) is 0 Å². The van der Waals surface area contributed by atoms with Gasteiger partial charge in [0, 0.05) is 6.04 Å². The van der Waals surface area contributed by atoms with Gasteiger partial charge in [-0.3, -0.25) is 0 Å². The molecule has 0 saturated heterocycles. The van der Waals surface area contributed by atoms with E-state index in [1.54, 1.807) is 0 Å². The molecule has 0 aliphatic heterocycles. The first-order chi connectivity index (χ1) is 7.75. The van der Waals surface area contributed by atoms with Crippen molar-refractivity contribution in [3.8, 4) is 0 Å². The lowest BCUT2D eigenvalue weighted by Gasteiger charge is -2.05. The summed E-state index contributed by atoms with van der Waals surface area (Å²) in [6, 6.07) is 10.6. The molecular formula is C13H17N3. The highest BCUT2D eigenvalue weighted by atomic mass is 15.1. The van der Waals surface area contributed by atoms with Gasteiger partial charge in [0.2, 0.25) is 0 Å². The molecule has 16 heavy (non-hydrogen) atoms. The number of hydrogen-bond donors (Lipinski definition) is 2. The summed E-state index contributed by atoms with van der Waals surface area (Å²) >= 11 is 0. The molecule has 3 nitrogen and oxygen atoms in total. The van der Waals surface area contributed by atoms with Gasteiger partial charge in [-0.1, -0.05) is 36.9 Å². The molecule has 1 fully saturated rings. The van der Waals surface area contributed by atoms with Crippen LogP contribution in [0.5, 0.6) is 0 Å². The lowest BCUT2D eigenvalue weighted by molar-refractivity contribution is 0.890. The van der Waals surface area contributed by atoms with E-state index in [2.05, 4.69) is 16.9 Å². The number of rotatable bonds is 4. The monoisotopic (exact) mass is 215 g/mol. The Bertz CT molecular complexity index is 391. The fraction of sp³-hybridized carbons (Fsp3) is 0.308. The Balaban J connectivity index is 1.87. The van der Waals surface area contributed by atoms with Gasteiger partial charge in [-0.2, -0.15) is 0 Å². The second-order valence-corrected chi connectivity index (χ2v) is 4.09. The van der Waals surface area contributed by atoms with Crippen LogP contribution in [-0.4, -0.2) is 18.5 Å². The fourth-order valence-electron chi connectivity index (χ4n) is 1.43. The average molecular weight is 215 g/mol. The zero-order valence-electron chi connectivity index (χ0n) is 9.32. The number of guanidine groups is 1. The molecular weight excluding hydrogens is 198 g/mol. The molecule has 0 amide bonds. The third kappa shape index (κ3) is 3.12. The average Bonchev–Trinajstić information content (AvgIpc) is 3.11. The summed E-state index contributed by atoms with van der Waals surface area (Å²) in [5.74, 6) is 0.527. The van der Waals surface area contributed by atoms with Crippen molar-refractivity contribution in [2.75, 3.05) is 6.54 Å². The van der Waals surface area contributed by atoms with Crippen molar-refractivity contribution >= 4 is 11.5 Å². The maximum Gasteiger partial charge on any atom is 0.189 e. The van der Waals surface area contributed by atoms with Crippen LogP contribution in [-0.2, 0) is 0 Å². The number of nitrogens with zero attached hydrogens (tertiary/aromatic N) is 1. The summed E-state index contributed by atoms with van der Waals surface area (Å²) in [7, 11) is 0. The second kappa shape index (κ2) is 4.84. The first-order valence-electron chi connectivity index (χ1n) is 5.55. The quantitative estimate of drug-likeness (QED) is 0.594. The lowest BCUT2D eigenvalue weighted by Crippen LogP contribution is -2.33. The van der Waals surface area contributed by atoms with Crippen LogP contribution in [0.25, 0.3) is 5.57 Å². The summed E-state index contributed by atoms with van der Waals surface area (Å²) in [4.78, 5) is 4.26. The van der Waals surface area contributed by atoms with Gasteiger partial charge in [0.25, 0.3) is 0 Å². The largest absolute Gasteiger partial charge is 0.370 e. The van der Waals surface area contributed by atoms with Crippen LogP contribution in [0.1, 0.15) is 18.4 Å². The van der Waals surface area contributed by atoms with Crippen LogP contribution < -0.4 is 11.1 Å². The Labute approximate surface area is 96.1 Å². The summed E-state index contributed by atoms with van der Waals surface area (Å²) in [5.41, 5.74) is 7.84. The standard InChI is InChI=1S/C13H17N3/c1-10(11-5-3-2-4-6-11)9-15-13(14)16-12-7-8-12/h2-6,12H,1,7-9H2,(H3,14,15,16). The number of hydrogen-bond acceptors (Lipinski definition) is 1. The van der Waals surface area contributed by atoms with Gasteiger partial charge in [-0.25, -0.2) is 4.99 Å². The van der Waals surface area contributed by atoms with Crippen molar-refractivity contribution in [2.45, 2.75) is 18.9 Å². The number of nitrogens with two attached hydrogens (primary N) is 1. The van der Waals surface area contributed by atoms with Gasteiger partial charge in [0.15, 0.2) is 5.96 Å². The predicted molar refractivity (Wildman–Crippen MR) is 68.1 cm³/mol. The zero-order valence-corrected chi connectivity index (χ0v) is 9.32. The molecule has 0 aromatic heterocycles. The Morgan fingerprint density at radius 2 is 2.06 bits per heavy atom. The highest BCUT2D eigenvalue weighted by molar-refractivity contribution is 5.80. The summed E-state index contributed by atoms with van der Waals surface area (Å²) in [5, 5.41) is 3.15. The van der Waals surface area contributed by atoms with Gasteiger partial charge in [0.1, 0.15) is 0 Å². The smallest absolute Gasteiger partial charge is 0.189 e. The van der Waals surface area contributed by atoms with Crippen LogP contribution in [0.4, 0.5) is 0 Å². The Morgan fingerprint density at radius 3 is 2.69 bits per heavy atom. The van der Waals surface area contributed by atoms with Gasteiger partial charge >= 0.3 is 0 Å². The van der Waals surface area contributed by atoms with E-state index in [-0.39, 0.29) is 0 Å². The molecule has 0 radical (unpaired) electrons. The molecule has 84 valence electrons. The minimum absolute atomic E-state index is 0.527. The van der Waals surface area contributed by atoms with E-state index in [0.717, 1.165) is 11.1 Å². The molecule has 1 aromatic rings. The van der Waals surface area contributed by atoms with Crippen molar-refractivity contribution in [1.29, 1.82) is 0 Å². The van der Waals surface area contributed by atoms with E-state index >= 15 is 0 Å². The van der Waals surface area contributed by atoms with Crippen LogP contribution in [0, 0.1) is 0 Å². The van der Waals surface area contributed by atoms with Gasteiger partial charge < -0.3 is 11.1 Å². The maximum absolute atomic E-state index is 5.74. The molecule has 0 atom stereocenters. The Morgan fingerprint density at radius 1 is 1.38 bits per heavy atom. The van der Waals surface area contributed by atoms with E-state index in [0.29, 0.717) is 18.5 Å². The van der Waals surface area contributed by atoms with Crippen LogP contribution in [0.15, 0.2) is 41.9 Å². The van der Waals surface area contributed by atoms with Crippen molar-refractivity contribution in [2.24, 2.45) is 10.7 Å². The highest BCUT2D eigenvalue weighted by Gasteiger charge is 2.21. The van der Waals surface area contributed by atoms with Gasteiger partial charge in [-0.05, 0) is 24.0 Å². The third-order valence-electron chi connectivity index (χ3n) is 2.55. The molecule has 0 spiro atoms. The normalized spacial score (nSPS) is 15.9. The summed E-state index contributed by atoms with van der Waals surface area (Å²) in [6.07, 6.45) is 2.41. The number of nitrogens with one attached hydrogen (secondary N) is 1. The third-order valence-corrected chi connectivity index (χ3v) is 2.55. The van der Waals surface area contributed by atoms with Crippen molar-refractivity contribution < 1.29 is 0 Å². The summed E-state index contributed by atoms with van der Waals surface area (Å²) < 4.78 is 0. The van der Waals surface area contributed by atoms with Crippen molar-refractivity contribution in [1.82, 2.24) is 5.32 Å². The first kappa shape index (κ1) is 10.7. The fourth-order valence-corrected chi connectivity index (χ4v) is 1.43. The Kier molecular flexibility index (Phi) is 3.25. The molecule has 1 saturated carbocycles. The topological polar surface area (TPSA) is 50.4 Å². The maximum atomic E-state index is 5.74. The molecule has 0 heterocycles. The molecule has 2 rings (SSSR count). The van der Waals surface area contributed by atoms with E-state index < -0.39 is 0 Å². The summed E-state index contributed by atoms with van der Waals surface area (Å²) in [6.45, 7) is 4.55. The van der Waals surface area contributed by atoms with E-state index in [9.17, 15) is 0 Å². The zero-order chi connectivity index (χ0) is 11.4. The number of aliphatic imine (C=N–C) groups is 1. The molecule has 3 heteroatoms. The molecule has 1 aromatic carbocycles. The van der Waals surface area contributed by atoms with Gasteiger partial charge in [-0.15, -0.1) is 0 Å². The number of benzene rings is 1. The Hall–Kier alpha value is -1.77. The molecule has 3 N–H and O–H groups in total. The van der Waals surface area contributed by atoms with Crippen LogP contribution in [0.2, 0.25) is 0 Å². The SMILES string of the molecule is C=C(CN=C(N)NC1CC1)c1ccccc1. The second-order valence-electron chi connectivity index (χ2n) is 4.09. The predicted octanol–water partition coefficient (Wildman–Crippen LogP) is 1.77. The first-order valence-corrected chi connectivity index (χ1v) is 5.55. The molecule has 1 aliphatic rings.